The van der Waals surface area contributed by atoms with Crippen molar-refractivity contribution in [1.82, 2.24) is 4.98 Å². The first-order valence-corrected chi connectivity index (χ1v) is 4.94. The van der Waals surface area contributed by atoms with Crippen LogP contribution in [0.5, 0.6) is 0 Å². The topological polar surface area (TPSA) is 32.9 Å². The number of aromatic nitrogens is 1. The second kappa shape index (κ2) is 3.50. The quantitative estimate of drug-likeness (QED) is 0.762. The average molecular weight is 205 g/mol. The van der Waals surface area contributed by atoms with Gasteiger partial charge in [-0.1, -0.05) is 6.92 Å². The molecule has 2 aromatic rings. The van der Waals surface area contributed by atoms with Crippen LogP contribution in [0.15, 0.2) is 23.0 Å². The van der Waals surface area contributed by atoms with Gasteiger partial charge in [0.25, 0.3) is 0 Å². The molecule has 1 aromatic carbocycles. The molecule has 0 aliphatic rings. The molecule has 1 aromatic heterocycles. The number of benzene rings is 1. The van der Waals surface area contributed by atoms with Gasteiger partial charge in [0, 0.05) is 17.1 Å². The predicted molar refractivity (Wildman–Crippen MR) is 58.6 cm³/mol. The molecule has 0 atom stereocenters. The fourth-order valence-electron chi connectivity index (χ4n) is 1.62. The molecule has 0 saturated heterocycles. The van der Waals surface area contributed by atoms with Gasteiger partial charge in [0.1, 0.15) is 5.82 Å². The van der Waals surface area contributed by atoms with Crippen molar-refractivity contribution in [3.63, 3.8) is 0 Å². The number of hydrogen-bond donors (Lipinski definition) is 1. The third-order valence-electron chi connectivity index (χ3n) is 2.55. The van der Waals surface area contributed by atoms with Gasteiger partial charge in [-0.05, 0) is 31.0 Å². The first kappa shape index (κ1) is 9.90. The highest BCUT2D eigenvalue weighted by molar-refractivity contribution is 5.79. The van der Waals surface area contributed by atoms with Crippen LogP contribution in [-0.2, 0) is 6.42 Å². The van der Waals surface area contributed by atoms with Crippen LogP contribution in [0.2, 0.25) is 0 Å². The van der Waals surface area contributed by atoms with Gasteiger partial charge in [0.05, 0.1) is 5.52 Å². The Morgan fingerprint density at radius 3 is 2.73 bits per heavy atom. The van der Waals surface area contributed by atoms with Crippen molar-refractivity contribution in [3.05, 3.63) is 45.5 Å². The number of hydrogen-bond acceptors (Lipinski definition) is 1. The minimum atomic E-state index is -0.286. The van der Waals surface area contributed by atoms with Gasteiger partial charge in [-0.2, -0.15) is 0 Å². The molecule has 3 heteroatoms. The molecular formula is C12H12FNO. The van der Waals surface area contributed by atoms with E-state index in [1.54, 1.807) is 19.1 Å². The van der Waals surface area contributed by atoms with E-state index in [9.17, 15) is 9.18 Å². The third kappa shape index (κ3) is 1.65. The van der Waals surface area contributed by atoms with Crippen molar-refractivity contribution < 1.29 is 4.39 Å². The van der Waals surface area contributed by atoms with Crippen molar-refractivity contribution >= 4 is 10.9 Å². The van der Waals surface area contributed by atoms with Gasteiger partial charge >= 0.3 is 0 Å². The third-order valence-corrected chi connectivity index (χ3v) is 2.55. The zero-order valence-electron chi connectivity index (χ0n) is 8.73. The smallest absolute Gasteiger partial charge is 0.189 e. The maximum atomic E-state index is 13.3. The molecule has 2 nitrogen and oxygen atoms in total. The van der Waals surface area contributed by atoms with E-state index in [1.807, 2.05) is 6.92 Å². The van der Waals surface area contributed by atoms with Crippen molar-refractivity contribution in [2.24, 2.45) is 0 Å². The van der Waals surface area contributed by atoms with E-state index in [1.165, 1.54) is 6.07 Å². The Morgan fingerprint density at radius 2 is 2.07 bits per heavy atom. The fraction of sp³-hybridized carbons (Fsp3) is 0.250. The molecule has 1 heterocycles. The van der Waals surface area contributed by atoms with E-state index >= 15 is 0 Å². The molecule has 0 aliphatic heterocycles. The van der Waals surface area contributed by atoms with Crippen molar-refractivity contribution in [2.45, 2.75) is 20.3 Å². The molecule has 2 rings (SSSR count). The Hall–Kier alpha value is -1.64. The average Bonchev–Trinajstić information content (AvgIpc) is 2.21. The summed E-state index contributed by atoms with van der Waals surface area (Å²) in [4.78, 5) is 14.7. The normalized spacial score (nSPS) is 10.9. The van der Waals surface area contributed by atoms with E-state index in [2.05, 4.69) is 4.98 Å². The SMILES string of the molecule is CCc1cc(=O)c2cc(C)c(F)cc2[nH]1. The summed E-state index contributed by atoms with van der Waals surface area (Å²) in [6, 6.07) is 4.54. The Labute approximate surface area is 86.8 Å². The summed E-state index contributed by atoms with van der Waals surface area (Å²) in [6.07, 6.45) is 0.737. The van der Waals surface area contributed by atoms with Gasteiger partial charge < -0.3 is 4.98 Å². The van der Waals surface area contributed by atoms with Gasteiger partial charge in [-0.3, -0.25) is 4.79 Å². The molecule has 15 heavy (non-hydrogen) atoms. The van der Waals surface area contributed by atoms with Crippen molar-refractivity contribution in [1.29, 1.82) is 0 Å². The lowest BCUT2D eigenvalue weighted by atomic mass is 10.1. The molecule has 0 radical (unpaired) electrons. The van der Waals surface area contributed by atoms with Gasteiger partial charge in [-0.25, -0.2) is 4.39 Å². The highest BCUT2D eigenvalue weighted by Gasteiger charge is 2.05. The summed E-state index contributed by atoms with van der Waals surface area (Å²) in [7, 11) is 0. The minimum Gasteiger partial charge on any atom is -0.358 e. The van der Waals surface area contributed by atoms with Crippen LogP contribution in [0.4, 0.5) is 4.39 Å². The molecule has 78 valence electrons. The summed E-state index contributed by atoms with van der Waals surface area (Å²) in [5.74, 6) is -0.286. The number of aromatic amines is 1. The van der Waals surface area contributed by atoms with E-state index in [0.29, 0.717) is 16.5 Å². The summed E-state index contributed by atoms with van der Waals surface area (Å²) >= 11 is 0. The van der Waals surface area contributed by atoms with Crippen LogP contribution in [0.1, 0.15) is 18.2 Å². The lowest BCUT2D eigenvalue weighted by Crippen LogP contribution is -2.05. The van der Waals surface area contributed by atoms with E-state index in [4.69, 9.17) is 0 Å². The van der Waals surface area contributed by atoms with E-state index < -0.39 is 0 Å². The van der Waals surface area contributed by atoms with Crippen molar-refractivity contribution in [2.75, 3.05) is 0 Å². The van der Waals surface area contributed by atoms with Crippen LogP contribution in [-0.4, -0.2) is 4.98 Å². The standard InChI is InChI=1S/C12H12FNO/c1-3-8-5-12(15)9-4-7(2)10(13)6-11(9)14-8/h4-6H,3H2,1-2H3,(H,14,15). The first-order chi connectivity index (χ1) is 7.11. The number of nitrogens with one attached hydrogen (secondary N) is 1. The zero-order valence-corrected chi connectivity index (χ0v) is 8.73. The molecule has 0 unspecified atom stereocenters. The number of H-pyrrole nitrogens is 1. The molecule has 1 N–H and O–H groups in total. The predicted octanol–water partition coefficient (Wildman–Crippen LogP) is 2.54. The van der Waals surface area contributed by atoms with Crippen molar-refractivity contribution in [3.8, 4) is 0 Å². The van der Waals surface area contributed by atoms with Crippen LogP contribution in [0, 0.1) is 12.7 Å². The largest absolute Gasteiger partial charge is 0.358 e. The second-order valence-electron chi connectivity index (χ2n) is 3.66. The molecular weight excluding hydrogens is 193 g/mol. The highest BCUT2D eigenvalue weighted by atomic mass is 19.1. The number of pyridine rings is 1. The highest BCUT2D eigenvalue weighted by Crippen LogP contribution is 2.14. The molecule has 0 bridgehead atoms. The molecule has 0 spiro atoms. The lowest BCUT2D eigenvalue weighted by Gasteiger charge is -2.03. The minimum absolute atomic E-state index is 0.0521. The maximum Gasteiger partial charge on any atom is 0.189 e. The van der Waals surface area contributed by atoms with Crippen LogP contribution in [0.3, 0.4) is 0 Å². The lowest BCUT2D eigenvalue weighted by molar-refractivity contribution is 0.620. The molecule has 0 amide bonds. The Kier molecular flexibility index (Phi) is 2.31. The van der Waals surface area contributed by atoms with Crippen LogP contribution < -0.4 is 5.43 Å². The van der Waals surface area contributed by atoms with Gasteiger partial charge in [-0.15, -0.1) is 0 Å². The monoisotopic (exact) mass is 205 g/mol. The van der Waals surface area contributed by atoms with E-state index in [0.717, 1.165) is 12.1 Å². The second-order valence-corrected chi connectivity index (χ2v) is 3.66. The first-order valence-electron chi connectivity index (χ1n) is 4.94. The van der Waals surface area contributed by atoms with Gasteiger partial charge in [0.15, 0.2) is 5.43 Å². The Bertz CT molecular complexity index is 572. The number of aryl methyl sites for hydroxylation is 2. The molecule has 0 saturated carbocycles. The summed E-state index contributed by atoms with van der Waals surface area (Å²) in [6.45, 7) is 3.60. The van der Waals surface area contributed by atoms with Gasteiger partial charge in [0.2, 0.25) is 0 Å². The number of halogens is 1. The molecule has 0 aliphatic carbocycles. The Morgan fingerprint density at radius 1 is 1.33 bits per heavy atom. The summed E-state index contributed by atoms with van der Waals surface area (Å²) in [5, 5.41) is 0.547. The molecule has 0 fully saturated rings. The number of rotatable bonds is 1. The zero-order chi connectivity index (χ0) is 11.0. The van der Waals surface area contributed by atoms with E-state index in [-0.39, 0.29) is 11.2 Å². The maximum absolute atomic E-state index is 13.3. The van der Waals surface area contributed by atoms with Crippen LogP contribution in [0.25, 0.3) is 10.9 Å². The number of fused-ring (bicyclic) bond motifs is 1. The Balaban J connectivity index is 2.86. The fourth-order valence-corrected chi connectivity index (χ4v) is 1.62. The van der Waals surface area contributed by atoms with Crippen LogP contribution >= 0.6 is 0 Å². The summed E-state index contributed by atoms with van der Waals surface area (Å²) < 4.78 is 13.3. The summed E-state index contributed by atoms with van der Waals surface area (Å²) in [5.41, 5.74) is 1.85.